The van der Waals surface area contributed by atoms with Crippen molar-refractivity contribution in [2.75, 3.05) is 13.7 Å². The van der Waals surface area contributed by atoms with Gasteiger partial charge in [0.25, 0.3) is 5.91 Å². The van der Waals surface area contributed by atoms with E-state index in [1.54, 1.807) is 6.07 Å². The number of nitrogens with one attached hydrogen (secondary N) is 1. The van der Waals surface area contributed by atoms with E-state index in [2.05, 4.69) is 5.32 Å². The molecule has 0 aliphatic rings. The highest BCUT2D eigenvalue weighted by atomic mass is 35.5. The number of ether oxygens (including phenoxy) is 2. The molecule has 6 nitrogen and oxygen atoms in total. The van der Waals surface area contributed by atoms with E-state index in [1.807, 2.05) is 0 Å². The van der Waals surface area contributed by atoms with Crippen LogP contribution in [0, 0.1) is 0 Å². The first-order valence-corrected chi connectivity index (χ1v) is 7.11. The third-order valence-corrected chi connectivity index (χ3v) is 3.40. The maximum atomic E-state index is 12.1. The minimum atomic E-state index is -1.55. The molecule has 0 spiro atoms. The highest BCUT2D eigenvalue weighted by molar-refractivity contribution is 6.35. The van der Waals surface area contributed by atoms with Crippen molar-refractivity contribution in [3.05, 3.63) is 28.2 Å². The third-order valence-electron chi connectivity index (χ3n) is 2.87. The van der Waals surface area contributed by atoms with Crippen molar-refractivity contribution in [2.45, 2.75) is 25.5 Å². The van der Waals surface area contributed by atoms with Gasteiger partial charge in [-0.15, -0.1) is 0 Å². The molecule has 0 bridgehead atoms. The van der Waals surface area contributed by atoms with Gasteiger partial charge in [0.15, 0.2) is 11.6 Å². The van der Waals surface area contributed by atoms with Crippen molar-refractivity contribution in [1.29, 1.82) is 0 Å². The van der Waals surface area contributed by atoms with E-state index in [4.69, 9.17) is 32.7 Å². The third kappa shape index (κ3) is 4.76. The first-order valence-electron chi connectivity index (χ1n) is 6.35. The van der Waals surface area contributed by atoms with Gasteiger partial charge in [-0.05, 0) is 32.0 Å². The van der Waals surface area contributed by atoms with Crippen LogP contribution in [-0.4, -0.2) is 42.3 Å². The Morgan fingerprint density at radius 1 is 1.41 bits per heavy atom. The maximum absolute atomic E-state index is 12.1. The predicted octanol–water partition coefficient (Wildman–Crippen LogP) is 2.37. The first-order chi connectivity index (χ1) is 10.2. The molecule has 0 aliphatic carbocycles. The van der Waals surface area contributed by atoms with E-state index in [9.17, 15) is 14.7 Å². The molecule has 22 heavy (non-hydrogen) atoms. The quantitative estimate of drug-likeness (QED) is 0.789. The van der Waals surface area contributed by atoms with Crippen LogP contribution in [0.3, 0.4) is 0 Å². The van der Waals surface area contributed by atoms with Crippen LogP contribution < -0.4 is 10.1 Å². The van der Waals surface area contributed by atoms with E-state index in [0.717, 1.165) is 0 Å². The van der Waals surface area contributed by atoms with E-state index < -0.39 is 23.5 Å². The van der Waals surface area contributed by atoms with Gasteiger partial charge in [-0.1, -0.05) is 23.2 Å². The van der Waals surface area contributed by atoms with E-state index in [0.29, 0.717) is 5.02 Å². The lowest BCUT2D eigenvalue weighted by molar-refractivity contribution is -0.150. The number of halogens is 2. The molecule has 0 heterocycles. The van der Waals surface area contributed by atoms with Crippen LogP contribution in [0.2, 0.25) is 10.0 Å². The largest absolute Gasteiger partial charge is 0.479 e. The minimum absolute atomic E-state index is 0.178. The SMILES string of the molecule is COCC(C)(NC(=O)C(C)Oc1ccc(Cl)cc1Cl)C(=O)O. The smallest absolute Gasteiger partial charge is 0.331 e. The van der Waals surface area contributed by atoms with Gasteiger partial charge in [-0.2, -0.15) is 0 Å². The lowest BCUT2D eigenvalue weighted by atomic mass is 10.0. The van der Waals surface area contributed by atoms with Gasteiger partial charge < -0.3 is 19.9 Å². The second-order valence-electron chi connectivity index (χ2n) is 4.89. The molecule has 0 saturated heterocycles. The molecule has 0 aliphatic heterocycles. The van der Waals surface area contributed by atoms with Gasteiger partial charge in [0.1, 0.15) is 5.75 Å². The Hall–Kier alpha value is -1.50. The van der Waals surface area contributed by atoms with Crippen LogP contribution in [0.5, 0.6) is 5.75 Å². The maximum Gasteiger partial charge on any atom is 0.331 e. The summed E-state index contributed by atoms with van der Waals surface area (Å²) in [7, 11) is 1.35. The molecule has 0 aromatic heterocycles. The average molecular weight is 350 g/mol. The summed E-state index contributed by atoms with van der Waals surface area (Å²) in [6.07, 6.45) is -0.950. The zero-order valence-electron chi connectivity index (χ0n) is 12.4. The van der Waals surface area contributed by atoms with Crippen LogP contribution in [0.4, 0.5) is 0 Å². The van der Waals surface area contributed by atoms with Gasteiger partial charge in [-0.3, -0.25) is 4.79 Å². The number of carbonyl (C=O) groups excluding carboxylic acids is 1. The summed E-state index contributed by atoms with van der Waals surface area (Å²) in [5, 5.41) is 12.3. The Morgan fingerprint density at radius 2 is 2.05 bits per heavy atom. The minimum Gasteiger partial charge on any atom is -0.479 e. The summed E-state index contributed by atoms with van der Waals surface area (Å²) < 4.78 is 10.3. The molecular formula is C14H17Cl2NO5. The number of aliphatic carboxylic acids is 1. The highest BCUT2D eigenvalue weighted by Crippen LogP contribution is 2.28. The molecule has 8 heteroatoms. The Kier molecular flexibility index (Phi) is 6.47. The zero-order chi connectivity index (χ0) is 16.9. The van der Waals surface area contributed by atoms with E-state index in [1.165, 1.54) is 33.1 Å². The molecule has 0 radical (unpaired) electrons. The number of carboxylic acid groups (broad SMARTS) is 1. The van der Waals surface area contributed by atoms with Crippen molar-refractivity contribution in [2.24, 2.45) is 0 Å². The topological polar surface area (TPSA) is 84.9 Å². The molecule has 0 fully saturated rings. The van der Waals surface area contributed by atoms with E-state index in [-0.39, 0.29) is 17.4 Å². The van der Waals surface area contributed by atoms with Crippen LogP contribution in [0.15, 0.2) is 18.2 Å². The summed E-state index contributed by atoms with van der Waals surface area (Å²) in [4.78, 5) is 23.3. The normalized spacial score (nSPS) is 14.8. The van der Waals surface area contributed by atoms with Gasteiger partial charge >= 0.3 is 5.97 Å². The first kappa shape index (κ1) is 18.5. The monoisotopic (exact) mass is 349 g/mol. The van der Waals surface area contributed by atoms with Crippen LogP contribution in [-0.2, 0) is 14.3 Å². The number of methoxy groups -OCH3 is 1. The van der Waals surface area contributed by atoms with E-state index >= 15 is 0 Å². The summed E-state index contributed by atoms with van der Waals surface area (Å²) in [5.41, 5.74) is -1.55. The molecule has 122 valence electrons. The molecule has 1 aromatic carbocycles. The number of amides is 1. The summed E-state index contributed by atoms with van der Waals surface area (Å²) in [6, 6.07) is 4.58. The molecule has 2 atom stereocenters. The molecule has 1 rings (SSSR count). The van der Waals surface area contributed by atoms with Crippen molar-refractivity contribution in [1.82, 2.24) is 5.32 Å². The molecule has 1 aromatic rings. The average Bonchev–Trinajstić information content (AvgIpc) is 2.41. The second kappa shape index (κ2) is 7.67. The molecule has 2 N–H and O–H groups in total. The number of carboxylic acids is 1. The van der Waals surface area contributed by atoms with Crippen LogP contribution in [0.25, 0.3) is 0 Å². The van der Waals surface area contributed by atoms with Gasteiger partial charge in [0, 0.05) is 12.1 Å². The van der Waals surface area contributed by atoms with Crippen molar-refractivity contribution < 1.29 is 24.2 Å². The molecular weight excluding hydrogens is 333 g/mol. The lowest BCUT2D eigenvalue weighted by Crippen LogP contribution is -2.57. The zero-order valence-corrected chi connectivity index (χ0v) is 13.9. The molecule has 1 amide bonds. The predicted molar refractivity (Wildman–Crippen MR) is 82.6 cm³/mol. The Morgan fingerprint density at radius 3 is 2.55 bits per heavy atom. The fraction of sp³-hybridized carbons (Fsp3) is 0.429. The summed E-state index contributed by atoms with van der Waals surface area (Å²) in [6.45, 7) is 2.65. The second-order valence-corrected chi connectivity index (χ2v) is 5.74. The van der Waals surface area contributed by atoms with Crippen molar-refractivity contribution in [3.63, 3.8) is 0 Å². The number of benzene rings is 1. The van der Waals surface area contributed by atoms with Crippen LogP contribution >= 0.6 is 23.2 Å². The molecule has 2 unspecified atom stereocenters. The van der Waals surface area contributed by atoms with Crippen molar-refractivity contribution in [3.8, 4) is 5.75 Å². The number of hydrogen-bond donors (Lipinski definition) is 2. The Bertz CT molecular complexity index is 566. The standard InChI is InChI=1S/C14H17Cl2NO5/c1-8(22-11-5-4-9(15)6-10(11)16)12(18)17-14(2,7-21-3)13(19)20/h4-6,8H,7H2,1-3H3,(H,17,18)(H,19,20). The number of rotatable bonds is 7. The number of hydrogen-bond acceptors (Lipinski definition) is 4. The van der Waals surface area contributed by atoms with Gasteiger partial charge in [-0.25, -0.2) is 4.79 Å². The fourth-order valence-corrected chi connectivity index (χ4v) is 2.08. The Balaban J connectivity index is 2.78. The lowest BCUT2D eigenvalue weighted by Gasteiger charge is -2.27. The highest BCUT2D eigenvalue weighted by Gasteiger charge is 2.36. The fourth-order valence-electron chi connectivity index (χ4n) is 1.63. The van der Waals surface area contributed by atoms with Gasteiger partial charge in [0.2, 0.25) is 0 Å². The van der Waals surface area contributed by atoms with Gasteiger partial charge in [0.05, 0.1) is 11.6 Å². The van der Waals surface area contributed by atoms with Crippen LogP contribution in [0.1, 0.15) is 13.8 Å². The summed E-state index contributed by atoms with van der Waals surface area (Å²) >= 11 is 11.7. The summed E-state index contributed by atoms with van der Waals surface area (Å²) in [5.74, 6) is -1.54. The van der Waals surface area contributed by atoms with Crippen molar-refractivity contribution >= 4 is 35.1 Å². The Labute approximate surface area is 138 Å². The number of carbonyl (C=O) groups is 2. The molecule has 0 saturated carbocycles.